The van der Waals surface area contributed by atoms with Gasteiger partial charge in [-0.05, 0) is 25.3 Å². The fourth-order valence-corrected chi connectivity index (χ4v) is 2.36. The van der Waals surface area contributed by atoms with Crippen LogP contribution in [0.15, 0.2) is 6.07 Å². The van der Waals surface area contributed by atoms with Gasteiger partial charge in [0.05, 0.1) is 5.69 Å². The van der Waals surface area contributed by atoms with Crippen molar-refractivity contribution in [2.45, 2.75) is 32.2 Å². The Labute approximate surface area is 110 Å². The van der Waals surface area contributed by atoms with Gasteiger partial charge in [0.1, 0.15) is 5.69 Å². The fraction of sp³-hybridized carbons (Fsp3) is 0.667. The monoisotopic (exact) mass is 299 g/mol. The summed E-state index contributed by atoms with van der Waals surface area (Å²) < 4.78 is 1.70. The third kappa shape index (κ3) is 2.70. The van der Waals surface area contributed by atoms with Gasteiger partial charge in [0.25, 0.3) is 5.91 Å². The van der Waals surface area contributed by atoms with Crippen molar-refractivity contribution >= 4 is 21.8 Å². The maximum absolute atomic E-state index is 12.4. The number of alkyl halides is 1. The van der Waals surface area contributed by atoms with Crippen LogP contribution in [0.4, 0.5) is 0 Å². The first-order valence-electron chi connectivity index (χ1n) is 6.07. The van der Waals surface area contributed by atoms with Crippen molar-refractivity contribution in [1.82, 2.24) is 14.7 Å². The molecule has 4 nitrogen and oxygen atoms in total. The number of carbonyl (C=O) groups is 1. The Kier molecular flexibility index (Phi) is 3.86. The SMILES string of the molecule is CCc1cc(C(=O)N(CCBr)C2CC2)n(C)n1. The van der Waals surface area contributed by atoms with Crippen LogP contribution < -0.4 is 0 Å². The summed E-state index contributed by atoms with van der Waals surface area (Å²) in [6.07, 6.45) is 3.14. The number of nitrogens with zero attached hydrogens (tertiary/aromatic N) is 3. The van der Waals surface area contributed by atoms with Crippen LogP contribution in [-0.2, 0) is 13.5 Å². The topological polar surface area (TPSA) is 38.1 Å². The minimum atomic E-state index is 0.113. The molecule has 5 heteroatoms. The molecule has 0 radical (unpaired) electrons. The molecule has 1 aromatic heterocycles. The molecule has 0 N–H and O–H groups in total. The average molecular weight is 300 g/mol. The minimum absolute atomic E-state index is 0.113. The zero-order chi connectivity index (χ0) is 12.4. The third-order valence-electron chi connectivity index (χ3n) is 3.09. The first-order valence-corrected chi connectivity index (χ1v) is 7.19. The highest BCUT2D eigenvalue weighted by Gasteiger charge is 2.33. The van der Waals surface area contributed by atoms with Crippen LogP contribution in [0.3, 0.4) is 0 Å². The fourth-order valence-electron chi connectivity index (χ4n) is 1.97. The van der Waals surface area contributed by atoms with E-state index in [4.69, 9.17) is 0 Å². The van der Waals surface area contributed by atoms with Crippen LogP contribution in [0.25, 0.3) is 0 Å². The van der Waals surface area contributed by atoms with Crippen molar-refractivity contribution in [3.8, 4) is 0 Å². The molecular formula is C12H18BrN3O. The lowest BCUT2D eigenvalue weighted by molar-refractivity contribution is 0.0743. The highest BCUT2D eigenvalue weighted by atomic mass is 79.9. The summed E-state index contributed by atoms with van der Waals surface area (Å²) in [5.41, 5.74) is 1.68. The Balaban J connectivity index is 2.18. The number of carbonyl (C=O) groups excluding carboxylic acids is 1. The summed E-state index contributed by atoms with van der Waals surface area (Å²) in [6, 6.07) is 2.35. The Bertz CT molecular complexity index is 412. The second kappa shape index (κ2) is 5.21. The van der Waals surface area contributed by atoms with E-state index in [-0.39, 0.29) is 5.91 Å². The van der Waals surface area contributed by atoms with E-state index in [1.807, 2.05) is 24.9 Å². The van der Waals surface area contributed by atoms with Crippen molar-refractivity contribution in [2.75, 3.05) is 11.9 Å². The van der Waals surface area contributed by atoms with E-state index in [2.05, 4.69) is 21.0 Å². The second-order valence-electron chi connectivity index (χ2n) is 4.42. The first-order chi connectivity index (χ1) is 8.17. The minimum Gasteiger partial charge on any atom is -0.334 e. The normalized spacial score (nSPS) is 15.0. The van der Waals surface area contributed by atoms with Gasteiger partial charge in [-0.1, -0.05) is 22.9 Å². The summed E-state index contributed by atoms with van der Waals surface area (Å²) >= 11 is 3.41. The average Bonchev–Trinajstić information content (AvgIpc) is 3.08. The van der Waals surface area contributed by atoms with E-state index in [9.17, 15) is 4.79 Å². The molecule has 1 aliphatic rings. The van der Waals surface area contributed by atoms with Crippen LogP contribution >= 0.6 is 15.9 Å². The van der Waals surface area contributed by atoms with E-state index in [0.717, 1.165) is 36.8 Å². The van der Waals surface area contributed by atoms with E-state index in [1.165, 1.54) is 0 Å². The number of hydrogen-bond acceptors (Lipinski definition) is 2. The van der Waals surface area contributed by atoms with E-state index in [1.54, 1.807) is 4.68 Å². The Morgan fingerprint density at radius 1 is 1.65 bits per heavy atom. The van der Waals surface area contributed by atoms with Gasteiger partial charge < -0.3 is 4.90 Å². The van der Waals surface area contributed by atoms with Gasteiger partial charge >= 0.3 is 0 Å². The predicted molar refractivity (Wildman–Crippen MR) is 70.4 cm³/mol. The number of hydrogen-bond donors (Lipinski definition) is 0. The maximum atomic E-state index is 12.4. The number of aromatic nitrogens is 2. The number of amides is 1. The number of aryl methyl sites for hydroxylation is 2. The van der Waals surface area contributed by atoms with E-state index in [0.29, 0.717) is 11.7 Å². The van der Waals surface area contributed by atoms with Gasteiger partial charge in [0, 0.05) is 25.0 Å². The number of rotatable bonds is 5. The molecule has 17 heavy (non-hydrogen) atoms. The van der Waals surface area contributed by atoms with Gasteiger partial charge in [-0.15, -0.1) is 0 Å². The summed E-state index contributed by atoms with van der Waals surface area (Å²) in [4.78, 5) is 14.4. The number of halogens is 1. The Hall–Kier alpha value is -0.840. The predicted octanol–water partition coefficient (Wildman–Crippen LogP) is 1.98. The molecule has 1 saturated carbocycles. The standard InChI is InChI=1S/C12H18BrN3O/c1-3-9-8-11(15(2)14-9)12(17)16(7-6-13)10-4-5-10/h8,10H,3-7H2,1-2H3. The first kappa shape index (κ1) is 12.6. The largest absolute Gasteiger partial charge is 0.334 e. The van der Waals surface area contributed by atoms with Crippen molar-refractivity contribution in [2.24, 2.45) is 7.05 Å². The molecule has 0 bridgehead atoms. The van der Waals surface area contributed by atoms with Gasteiger partial charge in [0.15, 0.2) is 0 Å². The molecule has 1 heterocycles. The molecule has 0 unspecified atom stereocenters. The second-order valence-corrected chi connectivity index (χ2v) is 5.21. The molecular weight excluding hydrogens is 282 g/mol. The van der Waals surface area contributed by atoms with Gasteiger partial charge in [-0.25, -0.2) is 0 Å². The lowest BCUT2D eigenvalue weighted by atomic mass is 10.2. The van der Waals surface area contributed by atoms with Crippen LogP contribution in [0.5, 0.6) is 0 Å². The Morgan fingerprint density at radius 3 is 2.82 bits per heavy atom. The van der Waals surface area contributed by atoms with E-state index < -0.39 is 0 Å². The molecule has 0 spiro atoms. The zero-order valence-electron chi connectivity index (χ0n) is 10.3. The molecule has 0 aromatic carbocycles. The van der Waals surface area contributed by atoms with Gasteiger partial charge in [0.2, 0.25) is 0 Å². The lowest BCUT2D eigenvalue weighted by Gasteiger charge is -2.21. The highest BCUT2D eigenvalue weighted by Crippen LogP contribution is 2.28. The van der Waals surface area contributed by atoms with Crippen LogP contribution in [-0.4, -0.2) is 38.5 Å². The quantitative estimate of drug-likeness (QED) is 0.780. The molecule has 1 aromatic rings. The van der Waals surface area contributed by atoms with Crippen molar-refractivity contribution < 1.29 is 4.79 Å². The summed E-state index contributed by atoms with van der Waals surface area (Å²) in [5.74, 6) is 0.113. The van der Waals surface area contributed by atoms with Crippen LogP contribution in [0, 0.1) is 0 Å². The summed E-state index contributed by atoms with van der Waals surface area (Å²) in [6.45, 7) is 2.82. The third-order valence-corrected chi connectivity index (χ3v) is 3.44. The van der Waals surface area contributed by atoms with E-state index >= 15 is 0 Å². The molecule has 1 aliphatic carbocycles. The lowest BCUT2D eigenvalue weighted by Crippen LogP contribution is -2.35. The molecule has 0 saturated heterocycles. The van der Waals surface area contributed by atoms with Crippen molar-refractivity contribution in [3.63, 3.8) is 0 Å². The highest BCUT2D eigenvalue weighted by molar-refractivity contribution is 9.09. The molecule has 1 fully saturated rings. The van der Waals surface area contributed by atoms with Crippen LogP contribution in [0.1, 0.15) is 35.9 Å². The molecule has 2 rings (SSSR count). The molecule has 1 amide bonds. The van der Waals surface area contributed by atoms with Gasteiger partial charge in [-0.2, -0.15) is 5.10 Å². The maximum Gasteiger partial charge on any atom is 0.272 e. The van der Waals surface area contributed by atoms with Crippen LogP contribution in [0.2, 0.25) is 0 Å². The Morgan fingerprint density at radius 2 is 2.35 bits per heavy atom. The summed E-state index contributed by atoms with van der Waals surface area (Å²) in [5, 5.41) is 5.16. The smallest absolute Gasteiger partial charge is 0.272 e. The molecule has 94 valence electrons. The summed E-state index contributed by atoms with van der Waals surface area (Å²) in [7, 11) is 1.84. The van der Waals surface area contributed by atoms with Gasteiger partial charge in [-0.3, -0.25) is 9.48 Å². The zero-order valence-corrected chi connectivity index (χ0v) is 11.9. The molecule has 0 atom stereocenters. The molecule has 0 aliphatic heterocycles. The van der Waals surface area contributed by atoms with Crippen molar-refractivity contribution in [1.29, 1.82) is 0 Å². The van der Waals surface area contributed by atoms with Crippen molar-refractivity contribution in [3.05, 3.63) is 17.5 Å².